The largest absolute Gasteiger partial charge is 0.493 e. The van der Waals surface area contributed by atoms with E-state index in [1.165, 1.54) is 12.0 Å². The Bertz CT molecular complexity index is 1180. The zero-order valence-corrected chi connectivity index (χ0v) is 21.8. The number of aromatic nitrogens is 1. The Morgan fingerprint density at radius 3 is 2.68 bits per heavy atom. The molecule has 1 aromatic heterocycles. The summed E-state index contributed by atoms with van der Waals surface area (Å²) in [6.07, 6.45) is 7.80. The Balaban J connectivity index is 1.10. The van der Waals surface area contributed by atoms with Gasteiger partial charge in [0.25, 0.3) is 11.8 Å². The standard InChI is InChI=1S/C29H37N5O3/c1-18-24(7-5-19-10-13-37-27(18)19)29(36)32-23-14-20-4-3-11-34(25(20)15-23)26-8-6-21(16-30-26)28(35)31-22-9-12-33(2)17-22/h5-8,16,20,22-23,25H,3-4,9-15,17H2,1-2H3,(H,31,35)(H,32,36)/t20?,22-,23?,25?/m0/s1. The fourth-order valence-corrected chi connectivity index (χ4v) is 6.82. The van der Waals surface area contributed by atoms with E-state index in [9.17, 15) is 9.59 Å². The fraction of sp³-hybridized carbons (Fsp3) is 0.552. The Morgan fingerprint density at radius 1 is 1.03 bits per heavy atom. The quantitative estimate of drug-likeness (QED) is 0.653. The first kappa shape index (κ1) is 24.2. The lowest BCUT2D eigenvalue weighted by atomic mass is 9.92. The van der Waals surface area contributed by atoms with Crippen LogP contribution in [0.2, 0.25) is 0 Å². The third-order valence-corrected chi connectivity index (χ3v) is 8.75. The van der Waals surface area contributed by atoms with E-state index in [0.29, 0.717) is 29.7 Å². The third-order valence-electron chi connectivity index (χ3n) is 8.75. The Labute approximate surface area is 218 Å². The highest BCUT2D eigenvalue weighted by Crippen LogP contribution is 2.39. The summed E-state index contributed by atoms with van der Waals surface area (Å²) < 4.78 is 5.77. The van der Waals surface area contributed by atoms with Crippen molar-refractivity contribution in [3.63, 3.8) is 0 Å². The predicted octanol–water partition coefficient (Wildman–Crippen LogP) is 2.94. The second-order valence-electron chi connectivity index (χ2n) is 11.3. The number of carbonyl (C=O) groups is 2. The number of hydrogen-bond acceptors (Lipinski definition) is 6. The number of rotatable bonds is 5. The third kappa shape index (κ3) is 4.79. The van der Waals surface area contributed by atoms with Crippen molar-refractivity contribution in [2.45, 2.75) is 63.6 Å². The van der Waals surface area contributed by atoms with Crippen LogP contribution in [0.5, 0.6) is 5.75 Å². The van der Waals surface area contributed by atoms with E-state index in [4.69, 9.17) is 9.72 Å². The summed E-state index contributed by atoms with van der Waals surface area (Å²) >= 11 is 0. The first-order valence-corrected chi connectivity index (χ1v) is 13.7. The van der Waals surface area contributed by atoms with Gasteiger partial charge in [0, 0.05) is 55.0 Å². The summed E-state index contributed by atoms with van der Waals surface area (Å²) in [5.41, 5.74) is 3.46. The van der Waals surface area contributed by atoms with Crippen LogP contribution < -0.4 is 20.3 Å². The molecule has 0 radical (unpaired) electrons. The molecule has 3 aliphatic heterocycles. The molecule has 4 aliphatic rings. The van der Waals surface area contributed by atoms with Gasteiger partial charge in [0.2, 0.25) is 0 Å². The van der Waals surface area contributed by atoms with Crippen molar-refractivity contribution >= 4 is 17.6 Å². The molecule has 1 aromatic carbocycles. The van der Waals surface area contributed by atoms with Crippen molar-refractivity contribution in [1.29, 1.82) is 0 Å². The van der Waals surface area contributed by atoms with Crippen LogP contribution in [0.3, 0.4) is 0 Å². The molecule has 37 heavy (non-hydrogen) atoms. The van der Waals surface area contributed by atoms with E-state index < -0.39 is 0 Å². The van der Waals surface area contributed by atoms with Gasteiger partial charge in [0.05, 0.1) is 12.2 Å². The van der Waals surface area contributed by atoms with Gasteiger partial charge in [-0.2, -0.15) is 0 Å². The van der Waals surface area contributed by atoms with Crippen molar-refractivity contribution in [2.75, 3.05) is 38.2 Å². The van der Waals surface area contributed by atoms with Crippen LogP contribution in [0.4, 0.5) is 5.82 Å². The summed E-state index contributed by atoms with van der Waals surface area (Å²) in [5, 5.41) is 6.45. The number of likely N-dealkylation sites (N-methyl/N-ethyl adjacent to an activating group) is 1. The summed E-state index contributed by atoms with van der Waals surface area (Å²) in [6.45, 7) is 5.54. The number of nitrogens with one attached hydrogen (secondary N) is 2. The van der Waals surface area contributed by atoms with E-state index >= 15 is 0 Å². The first-order chi connectivity index (χ1) is 18.0. The molecule has 0 bridgehead atoms. The van der Waals surface area contributed by atoms with Crippen LogP contribution >= 0.6 is 0 Å². The molecule has 8 heteroatoms. The zero-order valence-electron chi connectivity index (χ0n) is 21.8. The van der Waals surface area contributed by atoms with E-state index in [1.807, 2.05) is 31.2 Å². The molecular weight excluding hydrogens is 466 g/mol. The Kier molecular flexibility index (Phi) is 6.53. The summed E-state index contributed by atoms with van der Waals surface area (Å²) in [6, 6.07) is 8.56. The molecule has 3 fully saturated rings. The van der Waals surface area contributed by atoms with Crippen LogP contribution in [0.1, 0.15) is 63.9 Å². The second-order valence-corrected chi connectivity index (χ2v) is 11.3. The van der Waals surface area contributed by atoms with Gasteiger partial charge >= 0.3 is 0 Å². The lowest BCUT2D eigenvalue weighted by molar-refractivity contribution is 0.0928. The lowest BCUT2D eigenvalue weighted by Gasteiger charge is -2.38. The highest BCUT2D eigenvalue weighted by Gasteiger charge is 2.41. The Hall–Kier alpha value is -3.13. The topological polar surface area (TPSA) is 86.8 Å². The highest BCUT2D eigenvalue weighted by atomic mass is 16.5. The molecule has 6 rings (SSSR count). The van der Waals surface area contributed by atoms with Gasteiger partial charge in [-0.3, -0.25) is 9.59 Å². The maximum Gasteiger partial charge on any atom is 0.253 e. The molecule has 2 saturated heterocycles. The molecule has 4 atom stereocenters. The molecule has 8 nitrogen and oxygen atoms in total. The summed E-state index contributed by atoms with van der Waals surface area (Å²) in [7, 11) is 2.08. The smallest absolute Gasteiger partial charge is 0.253 e. The monoisotopic (exact) mass is 503 g/mol. The molecule has 4 heterocycles. The molecule has 0 spiro atoms. The number of nitrogens with zero attached hydrogens (tertiary/aromatic N) is 3. The van der Waals surface area contributed by atoms with E-state index in [1.54, 1.807) is 6.20 Å². The maximum absolute atomic E-state index is 13.2. The lowest BCUT2D eigenvalue weighted by Crippen LogP contribution is -2.43. The van der Waals surface area contributed by atoms with Gasteiger partial charge < -0.3 is 25.2 Å². The number of fused-ring (bicyclic) bond motifs is 2. The molecule has 2 aromatic rings. The number of piperidine rings is 1. The molecular formula is C29H37N5O3. The van der Waals surface area contributed by atoms with E-state index in [-0.39, 0.29) is 23.9 Å². The van der Waals surface area contributed by atoms with Gasteiger partial charge in [0.15, 0.2) is 0 Å². The van der Waals surface area contributed by atoms with Crippen molar-refractivity contribution in [3.8, 4) is 5.75 Å². The number of carbonyl (C=O) groups excluding carboxylic acids is 2. The van der Waals surface area contributed by atoms with Crippen LogP contribution in [0, 0.1) is 12.8 Å². The summed E-state index contributed by atoms with van der Waals surface area (Å²) in [4.78, 5) is 35.2. The zero-order chi connectivity index (χ0) is 25.5. The maximum atomic E-state index is 13.2. The van der Waals surface area contributed by atoms with Crippen LogP contribution in [-0.4, -0.2) is 73.1 Å². The molecule has 2 N–H and O–H groups in total. The average Bonchev–Trinajstić information content (AvgIpc) is 3.63. The molecule has 2 amide bonds. The van der Waals surface area contributed by atoms with Crippen molar-refractivity contribution < 1.29 is 14.3 Å². The number of anilines is 1. The molecule has 1 saturated carbocycles. The Morgan fingerprint density at radius 2 is 1.89 bits per heavy atom. The summed E-state index contributed by atoms with van der Waals surface area (Å²) in [5.74, 6) is 2.29. The van der Waals surface area contributed by atoms with Gasteiger partial charge in [-0.1, -0.05) is 6.07 Å². The molecule has 3 unspecified atom stereocenters. The van der Waals surface area contributed by atoms with Crippen molar-refractivity contribution in [3.05, 3.63) is 52.7 Å². The highest BCUT2D eigenvalue weighted by molar-refractivity contribution is 5.96. The SMILES string of the molecule is Cc1c(C(=O)NC2CC3CCCN(c4ccc(C(=O)N[C@H]5CCN(C)C5)cn4)C3C2)ccc2c1OCC2. The minimum absolute atomic E-state index is 0.00653. The van der Waals surface area contributed by atoms with Gasteiger partial charge in [-0.05, 0) is 82.3 Å². The normalized spacial score (nSPS) is 26.9. The van der Waals surface area contributed by atoms with Crippen LogP contribution in [0.15, 0.2) is 30.5 Å². The molecule has 196 valence electrons. The van der Waals surface area contributed by atoms with E-state index in [0.717, 1.165) is 68.9 Å². The van der Waals surface area contributed by atoms with E-state index in [2.05, 4.69) is 27.5 Å². The van der Waals surface area contributed by atoms with Gasteiger partial charge in [0.1, 0.15) is 11.6 Å². The van der Waals surface area contributed by atoms with Gasteiger partial charge in [-0.25, -0.2) is 4.98 Å². The van der Waals surface area contributed by atoms with Crippen LogP contribution in [0.25, 0.3) is 0 Å². The predicted molar refractivity (Wildman–Crippen MR) is 142 cm³/mol. The number of ether oxygens (including phenoxy) is 1. The van der Waals surface area contributed by atoms with Gasteiger partial charge in [-0.15, -0.1) is 0 Å². The van der Waals surface area contributed by atoms with Crippen molar-refractivity contribution in [1.82, 2.24) is 20.5 Å². The second kappa shape index (κ2) is 9.97. The van der Waals surface area contributed by atoms with Crippen LogP contribution in [-0.2, 0) is 6.42 Å². The first-order valence-electron chi connectivity index (χ1n) is 13.7. The number of benzene rings is 1. The minimum Gasteiger partial charge on any atom is -0.493 e. The minimum atomic E-state index is -0.0493. The number of amides is 2. The molecule has 1 aliphatic carbocycles. The average molecular weight is 504 g/mol. The number of hydrogen-bond donors (Lipinski definition) is 2. The fourth-order valence-electron chi connectivity index (χ4n) is 6.82. The van der Waals surface area contributed by atoms with Crippen molar-refractivity contribution in [2.24, 2.45) is 5.92 Å². The number of pyridine rings is 1. The number of likely N-dealkylation sites (tertiary alicyclic amines) is 1.